The Bertz CT molecular complexity index is 883. The Labute approximate surface area is 159 Å². The van der Waals surface area contributed by atoms with Crippen molar-refractivity contribution in [2.45, 2.75) is 11.7 Å². The molecule has 1 aliphatic heterocycles. The van der Waals surface area contributed by atoms with Gasteiger partial charge in [0.25, 0.3) is 11.1 Å². The minimum Gasteiger partial charge on any atom is -0.480 e. The summed E-state index contributed by atoms with van der Waals surface area (Å²) in [6, 6.07) is 15.2. The van der Waals surface area contributed by atoms with Crippen molar-refractivity contribution in [3.63, 3.8) is 0 Å². The molecule has 3 rings (SSSR count). The Morgan fingerprint density at radius 1 is 1.04 bits per heavy atom. The number of aliphatic carboxylic acids is 1. The summed E-state index contributed by atoms with van der Waals surface area (Å²) in [6.07, 6.45) is 0.369. The molecular weight excluding hydrogens is 368 g/mol. The fraction of sp³-hybridized carbons (Fsp3) is 0.158. The molecule has 0 aromatic heterocycles. The lowest BCUT2D eigenvalue weighted by Crippen LogP contribution is -2.35. The SMILES string of the molecule is O=C(O)CN(C(=O)c1ccc(CC2SC(=O)NC2=O)cc1)c1ccccc1. The molecule has 138 valence electrons. The highest BCUT2D eigenvalue weighted by atomic mass is 32.2. The van der Waals surface area contributed by atoms with E-state index in [2.05, 4.69) is 5.32 Å². The van der Waals surface area contributed by atoms with Crippen molar-refractivity contribution >= 4 is 40.5 Å². The van der Waals surface area contributed by atoms with Crippen LogP contribution in [0.2, 0.25) is 0 Å². The third-order valence-corrected chi connectivity index (χ3v) is 4.98. The first-order chi connectivity index (χ1) is 12.9. The van der Waals surface area contributed by atoms with E-state index < -0.39 is 23.7 Å². The van der Waals surface area contributed by atoms with Crippen molar-refractivity contribution in [2.24, 2.45) is 0 Å². The van der Waals surface area contributed by atoms with E-state index in [4.69, 9.17) is 5.11 Å². The summed E-state index contributed by atoms with van der Waals surface area (Å²) in [5, 5.41) is 10.5. The summed E-state index contributed by atoms with van der Waals surface area (Å²) in [6.45, 7) is -0.453. The maximum atomic E-state index is 12.8. The fourth-order valence-corrected chi connectivity index (χ4v) is 3.56. The van der Waals surface area contributed by atoms with E-state index in [9.17, 15) is 19.2 Å². The van der Waals surface area contributed by atoms with E-state index in [0.29, 0.717) is 17.7 Å². The van der Waals surface area contributed by atoms with Gasteiger partial charge in [-0.15, -0.1) is 0 Å². The molecule has 1 atom stereocenters. The van der Waals surface area contributed by atoms with Gasteiger partial charge in [0.2, 0.25) is 5.91 Å². The second-order valence-electron chi connectivity index (χ2n) is 5.90. The summed E-state index contributed by atoms with van der Waals surface area (Å²) in [7, 11) is 0. The van der Waals surface area contributed by atoms with Crippen LogP contribution in [0.25, 0.3) is 0 Å². The molecule has 1 unspecified atom stereocenters. The van der Waals surface area contributed by atoms with Crippen LogP contribution in [0.15, 0.2) is 54.6 Å². The van der Waals surface area contributed by atoms with E-state index in [1.807, 2.05) is 0 Å². The number of carbonyl (C=O) groups is 4. The predicted molar refractivity (Wildman–Crippen MR) is 101 cm³/mol. The van der Waals surface area contributed by atoms with Gasteiger partial charge >= 0.3 is 5.97 Å². The number of nitrogens with zero attached hydrogens (tertiary/aromatic N) is 1. The number of rotatable bonds is 6. The molecule has 2 aromatic carbocycles. The predicted octanol–water partition coefficient (Wildman–Crippen LogP) is 2.31. The molecule has 1 heterocycles. The van der Waals surface area contributed by atoms with Gasteiger partial charge in [-0.3, -0.25) is 29.4 Å². The number of para-hydroxylation sites is 1. The molecule has 1 fully saturated rings. The van der Waals surface area contributed by atoms with Crippen LogP contribution in [-0.2, 0) is 16.0 Å². The van der Waals surface area contributed by atoms with Crippen LogP contribution < -0.4 is 10.2 Å². The van der Waals surface area contributed by atoms with E-state index >= 15 is 0 Å². The lowest BCUT2D eigenvalue weighted by atomic mass is 10.1. The number of benzene rings is 2. The molecule has 2 aromatic rings. The van der Waals surface area contributed by atoms with Gasteiger partial charge in [0, 0.05) is 11.3 Å². The van der Waals surface area contributed by atoms with Crippen LogP contribution in [-0.4, -0.2) is 39.9 Å². The Morgan fingerprint density at radius 2 is 1.70 bits per heavy atom. The van der Waals surface area contributed by atoms with E-state index in [1.54, 1.807) is 54.6 Å². The van der Waals surface area contributed by atoms with Crippen molar-refractivity contribution in [1.82, 2.24) is 5.32 Å². The van der Waals surface area contributed by atoms with Gasteiger partial charge in [0.15, 0.2) is 0 Å². The molecule has 1 aliphatic rings. The Kier molecular flexibility index (Phi) is 5.56. The summed E-state index contributed by atoms with van der Waals surface area (Å²) >= 11 is 0.948. The molecular formula is C19H16N2O5S. The van der Waals surface area contributed by atoms with Crippen LogP contribution in [0.4, 0.5) is 10.5 Å². The third-order valence-electron chi connectivity index (χ3n) is 4.00. The smallest absolute Gasteiger partial charge is 0.323 e. The highest BCUT2D eigenvalue weighted by molar-refractivity contribution is 8.15. The zero-order valence-corrected chi connectivity index (χ0v) is 14.9. The Balaban J connectivity index is 1.76. The van der Waals surface area contributed by atoms with Gasteiger partial charge in [0.1, 0.15) is 6.54 Å². The minimum atomic E-state index is -1.11. The molecule has 7 nitrogen and oxygen atoms in total. The number of imide groups is 1. The van der Waals surface area contributed by atoms with E-state index in [1.165, 1.54) is 4.90 Å². The van der Waals surface area contributed by atoms with Crippen LogP contribution in [0.1, 0.15) is 15.9 Å². The number of nitrogens with one attached hydrogen (secondary N) is 1. The molecule has 0 saturated carbocycles. The first kappa shape index (κ1) is 18.7. The Morgan fingerprint density at radius 3 is 2.26 bits per heavy atom. The molecule has 1 saturated heterocycles. The van der Waals surface area contributed by atoms with Crippen LogP contribution in [0.3, 0.4) is 0 Å². The number of hydrogen-bond acceptors (Lipinski definition) is 5. The monoisotopic (exact) mass is 384 g/mol. The van der Waals surface area contributed by atoms with Gasteiger partial charge in [0.05, 0.1) is 5.25 Å². The van der Waals surface area contributed by atoms with Gasteiger partial charge in [-0.1, -0.05) is 42.1 Å². The van der Waals surface area contributed by atoms with Crippen LogP contribution in [0.5, 0.6) is 0 Å². The lowest BCUT2D eigenvalue weighted by Gasteiger charge is -2.21. The quantitative estimate of drug-likeness (QED) is 0.792. The lowest BCUT2D eigenvalue weighted by molar-refractivity contribution is -0.135. The van der Waals surface area contributed by atoms with Gasteiger partial charge < -0.3 is 5.11 Å². The molecule has 8 heteroatoms. The number of carboxylic acid groups (broad SMARTS) is 1. The molecule has 0 radical (unpaired) electrons. The Hall–Kier alpha value is -3.13. The topological polar surface area (TPSA) is 104 Å². The van der Waals surface area contributed by atoms with Crippen molar-refractivity contribution in [1.29, 1.82) is 0 Å². The number of amides is 3. The molecule has 0 spiro atoms. The van der Waals surface area contributed by atoms with Crippen molar-refractivity contribution in [3.8, 4) is 0 Å². The minimum absolute atomic E-state index is 0.318. The van der Waals surface area contributed by atoms with E-state index in [0.717, 1.165) is 17.3 Å². The zero-order valence-electron chi connectivity index (χ0n) is 14.1. The molecule has 3 amide bonds. The average molecular weight is 384 g/mol. The number of carboxylic acids is 1. The second-order valence-corrected chi connectivity index (χ2v) is 7.08. The maximum Gasteiger partial charge on any atom is 0.323 e. The number of hydrogen-bond donors (Lipinski definition) is 2. The third kappa shape index (κ3) is 4.53. The summed E-state index contributed by atoms with van der Waals surface area (Å²) in [5.74, 6) is -1.86. The summed E-state index contributed by atoms with van der Waals surface area (Å²) in [5.41, 5.74) is 1.63. The van der Waals surface area contributed by atoms with Crippen LogP contribution >= 0.6 is 11.8 Å². The standard InChI is InChI=1S/C19H16N2O5S/c22-16(23)11-21(14-4-2-1-3-5-14)18(25)13-8-6-12(7-9-13)10-15-17(24)20-19(26)27-15/h1-9,15H,10-11H2,(H,22,23)(H,20,24,26). The highest BCUT2D eigenvalue weighted by Crippen LogP contribution is 2.23. The highest BCUT2D eigenvalue weighted by Gasteiger charge is 2.31. The largest absolute Gasteiger partial charge is 0.480 e. The summed E-state index contributed by atoms with van der Waals surface area (Å²) < 4.78 is 0. The fourth-order valence-electron chi connectivity index (χ4n) is 2.70. The first-order valence-electron chi connectivity index (χ1n) is 8.13. The summed E-state index contributed by atoms with van der Waals surface area (Å²) in [4.78, 5) is 48.0. The molecule has 27 heavy (non-hydrogen) atoms. The van der Waals surface area contributed by atoms with Gasteiger partial charge in [-0.25, -0.2) is 0 Å². The van der Waals surface area contributed by atoms with E-state index in [-0.39, 0.29) is 11.1 Å². The van der Waals surface area contributed by atoms with Crippen molar-refractivity contribution < 1.29 is 24.3 Å². The van der Waals surface area contributed by atoms with Gasteiger partial charge in [-0.2, -0.15) is 0 Å². The molecule has 0 aliphatic carbocycles. The van der Waals surface area contributed by atoms with Crippen molar-refractivity contribution in [2.75, 3.05) is 11.4 Å². The average Bonchev–Trinajstić information content (AvgIpc) is 2.97. The first-order valence-corrected chi connectivity index (χ1v) is 9.01. The molecule has 2 N–H and O–H groups in total. The van der Waals surface area contributed by atoms with Crippen LogP contribution in [0, 0.1) is 0 Å². The van der Waals surface area contributed by atoms with Crippen molar-refractivity contribution in [3.05, 3.63) is 65.7 Å². The maximum absolute atomic E-state index is 12.8. The number of anilines is 1. The number of thioether (sulfide) groups is 1. The number of carbonyl (C=O) groups excluding carboxylic acids is 3. The second kappa shape index (κ2) is 8.05. The van der Waals surface area contributed by atoms with Gasteiger partial charge in [-0.05, 0) is 36.2 Å². The molecule has 0 bridgehead atoms. The zero-order chi connectivity index (χ0) is 19.4. The normalized spacial score (nSPS) is 16.1.